The van der Waals surface area contributed by atoms with Crippen LogP contribution in [0.15, 0.2) is 35.9 Å². The minimum Gasteiger partial charge on any atom is -0.304 e. The Morgan fingerprint density at radius 3 is 2.86 bits per heavy atom. The molecule has 2 atom stereocenters. The van der Waals surface area contributed by atoms with E-state index in [0.717, 1.165) is 23.1 Å². The molecule has 0 spiro atoms. The predicted molar refractivity (Wildman–Crippen MR) is 77.0 cm³/mol. The Labute approximate surface area is 122 Å². The lowest BCUT2D eigenvalue weighted by molar-refractivity contribution is -0.128. The van der Waals surface area contributed by atoms with Gasteiger partial charge in [-0.3, -0.25) is 9.59 Å². The Balaban J connectivity index is 2.05. The largest absolute Gasteiger partial charge is 0.304 e. The van der Waals surface area contributed by atoms with Gasteiger partial charge in [0.15, 0.2) is 0 Å². The first kappa shape index (κ1) is 12.5. The molecule has 0 radical (unpaired) electrons. The zero-order valence-electron chi connectivity index (χ0n) is 11.5. The van der Waals surface area contributed by atoms with E-state index in [9.17, 15) is 14.4 Å². The molecule has 3 aliphatic rings. The highest BCUT2D eigenvalue weighted by molar-refractivity contribution is 6.08. The van der Waals surface area contributed by atoms with E-state index < -0.39 is 5.41 Å². The lowest BCUT2D eigenvalue weighted by Crippen LogP contribution is -2.56. The van der Waals surface area contributed by atoms with Gasteiger partial charge < -0.3 is 9.69 Å². The van der Waals surface area contributed by atoms with Gasteiger partial charge in [-0.05, 0) is 23.6 Å². The van der Waals surface area contributed by atoms with Gasteiger partial charge in [0.25, 0.3) is 0 Å². The minimum absolute atomic E-state index is 0.0482. The first-order valence-corrected chi connectivity index (χ1v) is 7.27. The second-order valence-electron chi connectivity index (χ2n) is 5.93. The SMILES string of the molecule is O=CC[C@]12C(=O)CC=C3CCC(=O)N(c4ccccc41)[C@@H]32. The second kappa shape index (κ2) is 4.13. The van der Waals surface area contributed by atoms with Crippen LogP contribution in [0.2, 0.25) is 0 Å². The topological polar surface area (TPSA) is 54.5 Å². The average Bonchev–Trinajstić information content (AvgIpc) is 2.80. The summed E-state index contributed by atoms with van der Waals surface area (Å²) in [5.41, 5.74) is 1.91. The summed E-state index contributed by atoms with van der Waals surface area (Å²) >= 11 is 0. The summed E-state index contributed by atoms with van der Waals surface area (Å²) < 4.78 is 0. The number of anilines is 1. The maximum atomic E-state index is 12.7. The van der Waals surface area contributed by atoms with E-state index in [-0.39, 0.29) is 24.2 Å². The molecule has 1 aliphatic carbocycles. The molecule has 0 bridgehead atoms. The molecule has 1 aromatic carbocycles. The van der Waals surface area contributed by atoms with Gasteiger partial charge in [0.1, 0.15) is 12.1 Å². The molecule has 21 heavy (non-hydrogen) atoms. The monoisotopic (exact) mass is 281 g/mol. The van der Waals surface area contributed by atoms with Crippen LogP contribution in [0.4, 0.5) is 5.69 Å². The van der Waals surface area contributed by atoms with E-state index in [1.807, 2.05) is 30.3 Å². The molecule has 1 amide bonds. The average molecular weight is 281 g/mol. The van der Waals surface area contributed by atoms with Crippen molar-refractivity contribution in [1.82, 2.24) is 0 Å². The number of hydrogen-bond acceptors (Lipinski definition) is 3. The molecular formula is C17H15NO3. The van der Waals surface area contributed by atoms with E-state index in [2.05, 4.69) is 0 Å². The van der Waals surface area contributed by atoms with Gasteiger partial charge in [0.2, 0.25) is 5.91 Å². The van der Waals surface area contributed by atoms with Gasteiger partial charge in [-0.1, -0.05) is 24.3 Å². The first-order valence-electron chi connectivity index (χ1n) is 7.27. The van der Waals surface area contributed by atoms with Crippen LogP contribution in [0.5, 0.6) is 0 Å². The van der Waals surface area contributed by atoms with Crippen LogP contribution in [0, 0.1) is 0 Å². The van der Waals surface area contributed by atoms with Crippen molar-refractivity contribution in [3.63, 3.8) is 0 Å². The van der Waals surface area contributed by atoms with Crippen LogP contribution in [0.25, 0.3) is 0 Å². The van der Waals surface area contributed by atoms with Gasteiger partial charge in [0, 0.05) is 24.9 Å². The molecule has 106 valence electrons. The van der Waals surface area contributed by atoms with Crippen LogP contribution < -0.4 is 4.90 Å². The van der Waals surface area contributed by atoms with Crippen molar-refractivity contribution in [3.05, 3.63) is 41.5 Å². The summed E-state index contributed by atoms with van der Waals surface area (Å²) in [4.78, 5) is 38.2. The standard InChI is InChI=1S/C17H15NO3/c19-10-9-17-12-3-1-2-4-13(12)18-15(21)8-6-11(16(17)18)5-7-14(17)20/h1-5,10,16H,6-9H2/t16-,17+/m0/s1. The number of ketones is 1. The Bertz CT molecular complexity index is 706. The van der Waals surface area contributed by atoms with Gasteiger partial charge >= 0.3 is 0 Å². The fourth-order valence-corrected chi connectivity index (χ4v) is 4.23. The molecule has 0 saturated carbocycles. The van der Waals surface area contributed by atoms with Gasteiger partial charge in [0.05, 0.1) is 11.5 Å². The highest BCUT2D eigenvalue weighted by Gasteiger charge is 2.60. The Morgan fingerprint density at radius 1 is 1.24 bits per heavy atom. The summed E-state index contributed by atoms with van der Waals surface area (Å²) in [5.74, 6) is 0.0973. The van der Waals surface area contributed by atoms with E-state index in [1.54, 1.807) is 4.90 Å². The van der Waals surface area contributed by atoms with Crippen molar-refractivity contribution in [3.8, 4) is 0 Å². The molecule has 2 aliphatic heterocycles. The molecule has 0 N–H and O–H groups in total. The second-order valence-corrected chi connectivity index (χ2v) is 5.93. The zero-order chi connectivity index (χ0) is 14.6. The Morgan fingerprint density at radius 2 is 2.05 bits per heavy atom. The third-order valence-corrected chi connectivity index (χ3v) is 5.07. The Hall–Kier alpha value is -2.23. The van der Waals surface area contributed by atoms with Crippen LogP contribution in [0.1, 0.15) is 31.2 Å². The molecule has 0 unspecified atom stereocenters. The fourth-order valence-electron chi connectivity index (χ4n) is 4.23. The lowest BCUT2D eigenvalue weighted by atomic mass is 9.64. The highest BCUT2D eigenvalue weighted by Crippen LogP contribution is 2.54. The molecule has 4 rings (SSSR count). The van der Waals surface area contributed by atoms with Crippen molar-refractivity contribution in [1.29, 1.82) is 0 Å². The number of para-hydroxylation sites is 1. The quantitative estimate of drug-likeness (QED) is 0.615. The van der Waals surface area contributed by atoms with Crippen molar-refractivity contribution in [2.75, 3.05) is 4.90 Å². The smallest absolute Gasteiger partial charge is 0.227 e. The Kier molecular flexibility index (Phi) is 2.46. The van der Waals surface area contributed by atoms with E-state index >= 15 is 0 Å². The van der Waals surface area contributed by atoms with Crippen LogP contribution in [-0.2, 0) is 19.8 Å². The fraction of sp³-hybridized carbons (Fsp3) is 0.353. The normalized spacial score (nSPS) is 29.8. The minimum atomic E-state index is -0.863. The number of piperidine rings is 1. The number of amides is 1. The van der Waals surface area contributed by atoms with E-state index in [4.69, 9.17) is 0 Å². The van der Waals surface area contributed by atoms with Crippen LogP contribution >= 0.6 is 0 Å². The van der Waals surface area contributed by atoms with E-state index in [1.165, 1.54) is 0 Å². The van der Waals surface area contributed by atoms with Gasteiger partial charge in [-0.2, -0.15) is 0 Å². The summed E-state index contributed by atoms with van der Waals surface area (Å²) in [6.07, 6.45) is 4.45. The number of carbonyl (C=O) groups excluding carboxylic acids is 3. The molecular weight excluding hydrogens is 266 g/mol. The van der Waals surface area contributed by atoms with Crippen molar-refractivity contribution in [2.45, 2.75) is 37.1 Å². The third kappa shape index (κ3) is 1.37. The molecule has 1 saturated heterocycles. The molecule has 0 aromatic heterocycles. The summed E-state index contributed by atoms with van der Waals surface area (Å²) in [6.45, 7) is 0. The zero-order valence-corrected chi connectivity index (χ0v) is 11.5. The van der Waals surface area contributed by atoms with Crippen molar-refractivity contribution < 1.29 is 14.4 Å². The van der Waals surface area contributed by atoms with Gasteiger partial charge in [-0.25, -0.2) is 0 Å². The van der Waals surface area contributed by atoms with Crippen molar-refractivity contribution >= 4 is 23.7 Å². The predicted octanol–water partition coefficient (Wildman–Crippen LogP) is 1.92. The number of nitrogens with zero attached hydrogens (tertiary/aromatic N) is 1. The first-order chi connectivity index (χ1) is 10.2. The number of fused-ring (bicyclic) bond motifs is 3. The molecule has 4 nitrogen and oxygen atoms in total. The number of allylic oxidation sites excluding steroid dienone is 1. The van der Waals surface area contributed by atoms with E-state index in [0.29, 0.717) is 19.3 Å². The number of hydrogen-bond donors (Lipinski definition) is 0. The summed E-state index contributed by atoms with van der Waals surface area (Å²) in [7, 11) is 0. The number of aldehydes is 1. The summed E-state index contributed by atoms with van der Waals surface area (Å²) in [6, 6.07) is 7.24. The highest BCUT2D eigenvalue weighted by atomic mass is 16.2. The molecule has 2 heterocycles. The third-order valence-electron chi connectivity index (χ3n) is 5.07. The number of Topliss-reactive ketones (excluding diaryl/α,β-unsaturated/α-hetero) is 1. The van der Waals surface area contributed by atoms with Crippen LogP contribution in [0.3, 0.4) is 0 Å². The van der Waals surface area contributed by atoms with Crippen molar-refractivity contribution in [2.24, 2.45) is 0 Å². The van der Waals surface area contributed by atoms with Crippen LogP contribution in [-0.4, -0.2) is 24.0 Å². The lowest BCUT2D eigenvalue weighted by Gasteiger charge is -2.43. The molecule has 4 heteroatoms. The number of carbonyl (C=O) groups is 3. The number of benzene rings is 1. The molecule has 1 fully saturated rings. The van der Waals surface area contributed by atoms with Gasteiger partial charge in [-0.15, -0.1) is 0 Å². The number of rotatable bonds is 2. The summed E-state index contributed by atoms with van der Waals surface area (Å²) in [5, 5.41) is 0. The molecule has 1 aromatic rings. The maximum absolute atomic E-state index is 12.7. The maximum Gasteiger partial charge on any atom is 0.227 e.